The number of thiazole rings is 1. The molecule has 102 valence electrons. The largest absolute Gasteiger partial charge is 0.310 e. The molecule has 0 spiro atoms. The zero-order valence-corrected chi connectivity index (χ0v) is 12.6. The van der Waals surface area contributed by atoms with Crippen LogP contribution in [0.3, 0.4) is 0 Å². The molecule has 1 aliphatic carbocycles. The minimum atomic E-state index is 0.703. The van der Waals surface area contributed by atoms with Crippen LogP contribution in [0.4, 0.5) is 0 Å². The maximum absolute atomic E-state index is 4.69. The van der Waals surface area contributed by atoms with Crippen molar-refractivity contribution in [2.75, 3.05) is 20.1 Å². The first-order valence-corrected chi connectivity index (χ1v) is 7.84. The van der Waals surface area contributed by atoms with Crippen molar-refractivity contribution in [1.82, 2.24) is 15.2 Å². The van der Waals surface area contributed by atoms with Crippen LogP contribution in [0.15, 0.2) is 5.38 Å². The monoisotopic (exact) mass is 267 g/mol. The van der Waals surface area contributed by atoms with E-state index in [0.717, 1.165) is 25.6 Å². The van der Waals surface area contributed by atoms with E-state index in [4.69, 9.17) is 0 Å². The highest BCUT2D eigenvalue weighted by Gasteiger charge is 2.22. The lowest BCUT2D eigenvalue weighted by molar-refractivity contribution is 0.310. The van der Waals surface area contributed by atoms with E-state index in [2.05, 4.69) is 41.5 Å². The first-order chi connectivity index (χ1) is 8.63. The van der Waals surface area contributed by atoms with Gasteiger partial charge in [-0.05, 0) is 38.3 Å². The van der Waals surface area contributed by atoms with Crippen LogP contribution in [0.5, 0.6) is 0 Å². The molecule has 0 amide bonds. The van der Waals surface area contributed by atoms with Crippen molar-refractivity contribution in [3.05, 3.63) is 16.1 Å². The summed E-state index contributed by atoms with van der Waals surface area (Å²) in [5, 5.41) is 6.86. The van der Waals surface area contributed by atoms with E-state index in [-0.39, 0.29) is 0 Å². The topological polar surface area (TPSA) is 28.2 Å². The van der Waals surface area contributed by atoms with Crippen molar-refractivity contribution in [1.29, 1.82) is 0 Å². The van der Waals surface area contributed by atoms with E-state index in [0.29, 0.717) is 5.92 Å². The van der Waals surface area contributed by atoms with Crippen LogP contribution in [0.25, 0.3) is 0 Å². The van der Waals surface area contributed by atoms with Crippen molar-refractivity contribution in [3.8, 4) is 0 Å². The Morgan fingerprint density at radius 2 is 2.28 bits per heavy atom. The number of hydrogen-bond donors (Lipinski definition) is 1. The lowest BCUT2D eigenvalue weighted by Crippen LogP contribution is -2.21. The molecular weight excluding hydrogens is 242 g/mol. The Kier molecular flexibility index (Phi) is 5.15. The Morgan fingerprint density at radius 3 is 2.94 bits per heavy atom. The van der Waals surface area contributed by atoms with Gasteiger partial charge >= 0.3 is 0 Å². The Morgan fingerprint density at radius 1 is 1.50 bits per heavy atom. The summed E-state index contributed by atoms with van der Waals surface area (Å²) in [5.74, 6) is 1.66. The van der Waals surface area contributed by atoms with Crippen molar-refractivity contribution in [2.45, 2.75) is 39.8 Å². The summed E-state index contributed by atoms with van der Waals surface area (Å²) in [7, 11) is 2.20. The lowest BCUT2D eigenvalue weighted by Gasteiger charge is -2.14. The molecule has 1 aromatic heterocycles. The molecule has 1 N–H and O–H groups in total. The number of aromatic nitrogens is 1. The number of hydrogen-bond acceptors (Lipinski definition) is 4. The second kappa shape index (κ2) is 6.64. The van der Waals surface area contributed by atoms with E-state index in [1.807, 2.05) is 0 Å². The van der Waals surface area contributed by atoms with Crippen LogP contribution in [-0.2, 0) is 13.1 Å². The van der Waals surface area contributed by atoms with E-state index in [1.54, 1.807) is 11.3 Å². The van der Waals surface area contributed by atoms with Crippen LogP contribution < -0.4 is 5.32 Å². The highest BCUT2D eigenvalue weighted by Crippen LogP contribution is 2.29. The van der Waals surface area contributed by atoms with Gasteiger partial charge in [-0.3, -0.25) is 0 Å². The number of rotatable bonds is 8. The Labute approximate surface area is 115 Å². The third kappa shape index (κ3) is 5.04. The predicted molar refractivity (Wildman–Crippen MR) is 77.7 cm³/mol. The van der Waals surface area contributed by atoms with Crippen LogP contribution in [0.1, 0.15) is 37.4 Å². The lowest BCUT2D eigenvalue weighted by atomic mass is 10.2. The summed E-state index contributed by atoms with van der Waals surface area (Å²) in [6.45, 7) is 8.67. The van der Waals surface area contributed by atoms with Gasteiger partial charge in [0.25, 0.3) is 0 Å². The number of nitrogens with one attached hydrogen (secondary N) is 1. The molecule has 2 rings (SSSR count). The average Bonchev–Trinajstić information content (AvgIpc) is 2.98. The van der Waals surface area contributed by atoms with Gasteiger partial charge in [0.1, 0.15) is 5.01 Å². The first-order valence-electron chi connectivity index (χ1n) is 6.96. The maximum Gasteiger partial charge on any atom is 0.107 e. The van der Waals surface area contributed by atoms with Gasteiger partial charge in [-0.2, -0.15) is 0 Å². The second-order valence-corrected chi connectivity index (χ2v) is 6.84. The van der Waals surface area contributed by atoms with Gasteiger partial charge < -0.3 is 10.2 Å². The fourth-order valence-electron chi connectivity index (χ4n) is 2.05. The van der Waals surface area contributed by atoms with Gasteiger partial charge in [0.05, 0.1) is 5.69 Å². The highest BCUT2D eigenvalue weighted by molar-refractivity contribution is 7.09. The molecule has 3 nitrogen and oxygen atoms in total. The van der Waals surface area contributed by atoms with Gasteiger partial charge in [0.2, 0.25) is 0 Å². The molecule has 0 aliphatic heterocycles. The minimum Gasteiger partial charge on any atom is -0.310 e. The molecule has 4 heteroatoms. The van der Waals surface area contributed by atoms with E-state index >= 15 is 0 Å². The summed E-state index contributed by atoms with van der Waals surface area (Å²) in [6, 6.07) is 0. The summed E-state index contributed by atoms with van der Waals surface area (Å²) >= 11 is 1.78. The maximum atomic E-state index is 4.69. The molecule has 0 saturated heterocycles. The molecule has 0 radical (unpaired) electrons. The zero-order chi connectivity index (χ0) is 13.0. The Balaban J connectivity index is 1.71. The molecule has 1 heterocycles. The average molecular weight is 267 g/mol. The summed E-state index contributed by atoms with van der Waals surface area (Å²) in [4.78, 5) is 7.09. The van der Waals surface area contributed by atoms with Gasteiger partial charge in [-0.1, -0.05) is 13.8 Å². The second-order valence-electron chi connectivity index (χ2n) is 5.90. The predicted octanol–water partition coefficient (Wildman–Crippen LogP) is 2.73. The molecular formula is C14H25N3S. The summed E-state index contributed by atoms with van der Waals surface area (Å²) in [6.07, 6.45) is 2.84. The molecule has 18 heavy (non-hydrogen) atoms. The first kappa shape index (κ1) is 14.0. The smallest absolute Gasteiger partial charge is 0.107 e. The molecule has 0 bridgehead atoms. The quantitative estimate of drug-likeness (QED) is 0.785. The minimum absolute atomic E-state index is 0.703. The van der Waals surface area contributed by atoms with E-state index in [1.165, 1.54) is 30.1 Å². The third-order valence-corrected chi connectivity index (χ3v) is 4.02. The van der Waals surface area contributed by atoms with Crippen molar-refractivity contribution in [3.63, 3.8) is 0 Å². The molecule has 1 saturated carbocycles. The standard InChI is InChI=1S/C14H25N3S/c1-11(2)6-15-7-14-16-13(10-18-14)9-17(3)8-12-4-5-12/h10-12,15H,4-9H2,1-3H3. The Hall–Kier alpha value is -0.450. The van der Waals surface area contributed by atoms with E-state index in [9.17, 15) is 0 Å². The molecule has 1 aliphatic rings. The molecule has 1 fully saturated rings. The molecule has 0 atom stereocenters. The van der Waals surface area contributed by atoms with Crippen LogP contribution in [-0.4, -0.2) is 30.0 Å². The number of nitrogens with zero attached hydrogens (tertiary/aromatic N) is 2. The van der Waals surface area contributed by atoms with Crippen LogP contribution >= 0.6 is 11.3 Å². The van der Waals surface area contributed by atoms with Crippen molar-refractivity contribution in [2.24, 2.45) is 11.8 Å². The molecule has 1 aromatic rings. The summed E-state index contributed by atoms with van der Waals surface area (Å²) in [5.41, 5.74) is 1.23. The van der Waals surface area contributed by atoms with Gasteiger partial charge in [-0.25, -0.2) is 4.98 Å². The van der Waals surface area contributed by atoms with Gasteiger partial charge in [0, 0.05) is 25.0 Å². The fraction of sp³-hybridized carbons (Fsp3) is 0.786. The van der Waals surface area contributed by atoms with Gasteiger partial charge in [0.15, 0.2) is 0 Å². The summed E-state index contributed by atoms with van der Waals surface area (Å²) < 4.78 is 0. The van der Waals surface area contributed by atoms with Gasteiger partial charge in [-0.15, -0.1) is 11.3 Å². The highest BCUT2D eigenvalue weighted by atomic mass is 32.1. The SMILES string of the molecule is CC(C)CNCc1nc(CN(C)CC2CC2)cs1. The fourth-order valence-corrected chi connectivity index (χ4v) is 2.81. The molecule has 0 unspecified atom stereocenters. The Bertz CT molecular complexity index is 358. The zero-order valence-electron chi connectivity index (χ0n) is 11.8. The van der Waals surface area contributed by atoms with Crippen LogP contribution in [0, 0.1) is 11.8 Å². The van der Waals surface area contributed by atoms with Crippen LogP contribution in [0.2, 0.25) is 0 Å². The molecule has 0 aromatic carbocycles. The normalized spacial score (nSPS) is 15.8. The van der Waals surface area contributed by atoms with E-state index < -0.39 is 0 Å². The van der Waals surface area contributed by atoms with Crippen molar-refractivity contribution >= 4 is 11.3 Å². The third-order valence-electron chi connectivity index (χ3n) is 3.13. The van der Waals surface area contributed by atoms with Crippen molar-refractivity contribution < 1.29 is 0 Å².